The molecule has 2 atom stereocenters. The van der Waals surface area contributed by atoms with Crippen LogP contribution in [-0.2, 0) is 11.3 Å². The van der Waals surface area contributed by atoms with Crippen molar-refractivity contribution in [3.8, 4) is 11.3 Å². The van der Waals surface area contributed by atoms with Gasteiger partial charge < -0.3 is 10.2 Å². The number of carboxylic acids is 1. The van der Waals surface area contributed by atoms with Crippen molar-refractivity contribution in [1.82, 2.24) is 20.3 Å². The van der Waals surface area contributed by atoms with E-state index in [1.807, 2.05) is 30.3 Å². The summed E-state index contributed by atoms with van der Waals surface area (Å²) in [6, 6.07) is 9.83. The van der Waals surface area contributed by atoms with Crippen LogP contribution in [0.2, 0.25) is 0 Å². The highest BCUT2D eigenvalue weighted by molar-refractivity contribution is 5.76. The minimum atomic E-state index is -1.07. The van der Waals surface area contributed by atoms with Crippen LogP contribution in [0.4, 0.5) is 0 Å². The van der Waals surface area contributed by atoms with E-state index in [2.05, 4.69) is 20.3 Å². The van der Waals surface area contributed by atoms with E-state index >= 15 is 0 Å². The van der Waals surface area contributed by atoms with E-state index in [0.717, 1.165) is 29.8 Å². The predicted octanol–water partition coefficient (Wildman–Crippen LogP) is 1.91. The van der Waals surface area contributed by atoms with Crippen molar-refractivity contribution < 1.29 is 15.0 Å². The number of carboxylic acid groups (broad SMARTS) is 1. The molecule has 2 aromatic rings. The molecule has 0 spiro atoms. The molecule has 7 nitrogen and oxygen atoms in total. The van der Waals surface area contributed by atoms with Gasteiger partial charge in [-0.3, -0.25) is 9.69 Å². The molecular weight excluding hydrogens is 332 g/mol. The van der Waals surface area contributed by atoms with E-state index in [4.69, 9.17) is 0 Å². The van der Waals surface area contributed by atoms with Crippen LogP contribution < -0.4 is 0 Å². The first kappa shape index (κ1) is 17.2. The fourth-order valence-electron chi connectivity index (χ4n) is 4.04. The molecule has 1 saturated heterocycles. The zero-order valence-corrected chi connectivity index (χ0v) is 14.6. The summed E-state index contributed by atoms with van der Waals surface area (Å²) in [7, 11) is 0. The molecule has 1 aromatic carbocycles. The van der Waals surface area contributed by atoms with Crippen molar-refractivity contribution >= 4 is 5.97 Å². The maximum absolute atomic E-state index is 12.1. The summed E-state index contributed by atoms with van der Waals surface area (Å²) in [5.41, 5.74) is 1.50. The van der Waals surface area contributed by atoms with Gasteiger partial charge in [-0.1, -0.05) is 43.2 Å². The van der Waals surface area contributed by atoms with Gasteiger partial charge in [-0.25, -0.2) is 0 Å². The second kappa shape index (κ2) is 6.81. The Bertz CT molecular complexity index is 774. The molecule has 2 heterocycles. The highest BCUT2D eigenvalue weighted by Gasteiger charge is 2.51. The van der Waals surface area contributed by atoms with Crippen LogP contribution in [0.5, 0.6) is 0 Å². The van der Waals surface area contributed by atoms with Crippen LogP contribution in [0.15, 0.2) is 30.3 Å². The summed E-state index contributed by atoms with van der Waals surface area (Å²) in [6.45, 7) is 1.52. The fraction of sp³-hybridized carbons (Fsp3) is 0.526. The minimum absolute atomic E-state index is 0.348. The van der Waals surface area contributed by atoms with E-state index in [9.17, 15) is 15.0 Å². The van der Waals surface area contributed by atoms with Gasteiger partial charge in [-0.05, 0) is 18.8 Å². The number of aliphatic hydroxyl groups excluding tert-OH is 1. The Morgan fingerprint density at radius 1 is 1.23 bits per heavy atom. The smallest absolute Gasteiger partial charge is 0.313 e. The monoisotopic (exact) mass is 356 g/mol. The SMILES string of the molecule is O=C(O)[C@]1(CC2CC2)CN(Cc2n[nH]nc2-c2ccccc2)CC[C@@H]1O. The zero-order valence-electron chi connectivity index (χ0n) is 14.6. The lowest BCUT2D eigenvalue weighted by Crippen LogP contribution is -2.56. The summed E-state index contributed by atoms with van der Waals surface area (Å²) >= 11 is 0. The van der Waals surface area contributed by atoms with Gasteiger partial charge in [0.2, 0.25) is 0 Å². The van der Waals surface area contributed by atoms with Crippen LogP contribution in [0.25, 0.3) is 11.3 Å². The molecule has 1 saturated carbocycles. The van der Waals surface area contributed by atoms with Crippen LogP contribution in [0.1, 0.15) is 31.4 Å². The number of aliphatic hydroxyl groups is 1. The molecule has 0 radical (unpaired) electrons. The molecular formula is C19H24N4O3. The first-order valence-corrected chi connectivity index (χ1v) is 9.17. The van der Waals surface area contributed by atoms with Crippen molar-refractivity contribution in [3.05, 3.63) is 36.0 Å². The van der Waals surface area contributed by atoms with Crippen molar-refractivity contribution in [3.63, 3.8) is 0 Å². The van der Waals surface area contributed by atoms with Gasteiger partial charge in [0, 0.05) is 25.2 Å². The number of hydrogen-bond acceptors (Lipinski definition) is 5. The third-order valence-corrected chi connectivity index (χ3v) is 5.68. The van der Waals surface area contributed by atoms with E-state index in [0.29, 0.717) is 38.4 Å². The van der Waals surface area contributed by atoms with E-state index < -0.39 is 17.5 Å². The molecule has 3 N–H and O–H groups in total. The van der Waals surface area contributed by atoms with Crippen LogP contribution in [0, 0.1) is 11.3 Å². The number of hydrogen-bond donors (Lipinski definition) is 3. The standard InChI is InChI=1S/C19H24N4O3/c24-16-8-9-23(12-19(16,18(25)26)10-13-6-7-13)11-15-17(21-22-20-15)14-4-2-1-3-5-14/h1-5,13,16,24H,6-12H2,(H,25,26)(H,20,21,22)/t16-,19+/m0/s1. The van der Waals surface area contributed by atoms with Crippen LogP contribution in [-0.4, -0.2) is 55.7 Å². The number of rotatable bonds is 6. The molecule has 26 heavy (non-hydrogen) atoms. The summed E-state index contributed by atoms with van der Waals surface area (Å²) in [6.07, 6.45) is 2.39. The Morgan fingerprint density at radius 2 is 2.00 bits per heavy atom. The maximum atomic E-state index is 12.1. The molecule has 1 aromatic heterocycles. The topological polar surface area (TPSA) is 102 Å². The number of benzene rings is 1. The summed E-state index contributed by atoms with van der Waals surface area (Å²) in [5, 5.41) is 31.6. The van der Waals surface area contributed by atoms with E-state index in [-0.39, 0.29) is 0 Å². The molecule has 0 bridgehead atoms. The first-order valence-electron chi connectivity index (χ1n) is 9.17. The number of piperidine rings is 1. The number of H-pyrrole nitrogens is 1. The molecule has 138 valence electrons. The normalized spacial score (nSPS) is 26.7. The Hall–Kier alpha value is -2.25. The summed E-state index contributed by atoms with van der Waals surface area (Å²) in [4.78, 5) is 14.2. The third-order valence-electron chi connectivity index (χ3n) is 5.68. The molecule has 0 unspecified atom stereocenters. The van der Waals surface area contributed by atoms with Gasteiger partial charge in [0.1, 0.15) is 16.8 Å². The summed E-state index contributed by atoms with van der Waals surface area (Å²) in [5.74, 6) is -0.447. The van der Waals surface area contributed by atoms with Crippen molar-refractivity contribution in [2.45, 2.75) is 38.3 Å². The van der Waals surface area contributed by atoms with Crippen molar-refractivity contribution in [2.75, 3.05) is 13.1 Å². The molecule has 4 rings (SSSR count). The number of aromatic amines is 1. The Balaban J connectivity index is 1.54. The van der Waals surface area contributed by atoms with Gasteiger partial charge in [0.15, 0.2) is 0 Å². The van der Waals surface area contributed by atoms with Crippen LogP contribution >= 0.6 is 0 Å². The fourth-order valence-corrected chi connectivity index (χ4v) is 4.04. The predicted molar refractivity (Wildman–Crippen MR) is 95.1 cm³/mol. The number of nitrogens with zero attached hydrogens (tertiary/aromatic N) is 3. The van der Waals surface area contributed by atoms with Gasteiger partial charge >= 0.3 is 5.97 Å². The zero-order chi connectivity index (χ0) is 18.1. The molecule has 0 amide bonds. The van der Waals surface area contributed by atoms with Crippen LogP contribution in [0.3, 0.4) is 0 Å². The number of aromatic nitrogens is 3. The van der Waals surface area contributed by atoms with Crippen molar-refractivity contribution in [1.29, 1.82) is 0 Å². The average molecular weight is 356 g/mol. The quantitative estimate of drug-likeness (QED) is 0.731. The van der Waals surface area contributed by atoms with Gasteiger partial charge in [-0.2, -0.15) is 15.4 Å². The molecule has 7 heteroatoms. The highest BCUT2D eigenvalue weighted by atomic mass is 16.4. The van der Waals surface area contributed by atoms with E-state index in [1.54, 1.807) is 0 Å². The molecule has 1 aliphatic carbocycles. The van der Waals surface area contributed by atoms with Crippen molar-refractivity contribution in [2.24, 2.45) is 11.3 Å². The Kier molecular flexibility index (Phi) is 4.50. The second-order valence-electron chi connectivity index (χ2n) is 7.61. The lowest BCUT2D eigenvalue weighted by Gasteiger charge is -2.43. The van der Waals surface area contributed by atoms with Gasteiger partial charge in [0.05, 0.1) is 6.10 Å². The molecule has 2 aliphatic rings. The lowest BCUT2D eigenvalue weighted by molar-refractivity contribution is -0.165. The third kappa shape index (κ3) is 3.24. The number of carbonyl (C=O) groups is 1. The maximum Gasteiger partial charge on any atom is 0.313 e. The molecule has 1 aliphatic heterocycles. The number of nitrogens with one attached hydrogen (secondary N) is 1. The van der Waals surface area contributed by atoms with Gasteiger partial charge in [0.25, 0.3) is 0 Å². The average Bonchev–Trinajstić information content (AvgIpc) is 3.33. The largest absolute Gasteiger partial charge is 0.481 e. The minimum Gasteiger partial charge on any atom is -0.481 e. The lowest BCUT2D eigenvalue weighted by atomic mass is 9.73. The van der Waals surface area contributed by atoms with E-state index in [1.165, 1.54) is 0 Å². The highest BCUT2D eigenvalue weighted by Crippen LogP contribution is 2.45. The number of likely N-dealkylation sites (tertiary alicyclic amines) is 1. The first-order chi connectivity index (χ1) is 12.6. The van der Waals surface area contributed by atoms with Gasteiger partial charge in [-0.15, -0.1) is 0 Å². The Morgan fingerprint density at radius 3 is 2.69 bits per heavy atom. The second-order valence-corrected chi connectivity index (χ2v) is 7.61. The summed E-state index contributed by atoms with van der Waals surface area (Å²) < 4.78 is 0. The number of aliphatic carboxylic acids is 1. The Labute approximate surface area is 152 Å². The molecule has 2 fully saturated rings.